The van der Waals surface area contributed by atoms with Crippen LogP contribution in [-0.2, 0) is 4.74 Å². The van der Waals surface area contributed by atoms with Crippen molar-refractivity contribution in [2.75, 3.05) is 19.7 Å². The Labute approximate surface area is 161 Å². The third kappa shape index (κ3) is 3.14. The maximum absolute atomic E-state index is 12.8. The van der Waals surface area contributed by atoms with Gasteiger partial charge in [-0.3, -0.25) is 4.79 Å². The number of aromatic nitrogens is 3. The first-order chi connectivity index (χ1) is 12.2. The second-order valence-corrected chi connectivity index (χ2v) is 7.74. The monoisotopic (exact) mass is 383 g/mol. The zero-order valence-electron chi connectivity index (χ0n) is 15.7. The number of piperidine rings is 1. The highest BCUT2D eigenvalue weighted by Crippen LogP contribution is 2.57. The highest BCUT2D eigenvalue weighted by atomic mass is 35.5. The zero-order chi connectivity index (χ0) is 17.4. The number of amides is 1. The summed E-state index contributed by atoms with van der Waals surface area (Å²) in [7, 11) is 0. The van der Waals surface area contributed by atoms with E-state index in [0.29, 0.717) is 17.8 Å². The normalized spacial score (nSPS) is 27.3. The lowest BCUT2D eigenvalue weighted by atomic mass is 9.51. The van der Waals surface area contributed by atoms with Gasteiger partial charge in [0.2, 0.25) is 0 Å². The van der Waals surface area contributed by atoms with E-state index in [2.05, 4.69) is 20.9 Å². The summed E-state index contributed by atoms with van der Waals surface area (Å²) in [4.78, 5) is 12.8. The number of carbonyl (C=O) groups is 1. The number of halogens is 1. The number of rotatable bonds is 5. The first-order valence-electron chi connectivity index (χ1n) is 9.70. The fourth-order valence-corrected chi connectivity index (χ4v) is 4.82. The highest BCUT2D eigenvalue weighted by Gasteiger charge is 2.59. The molecule has 2 aliphatic carbocycles. The van der Waals surface area contributed by atoms with E-state index in [1.807, 2.05) is 18.5 Å². The van der Waals surface area contributed by atoms with Crippen LogP contribution in [0.3, 0.4) is 0 Å². The number of nitrogens with one attached hydrogen (secondary N) is 2. The minimum Gasteiger partial charge on any atom is -0.378 e. The van der Waals surface area contributed by atoms with Gasteiger partial charge < -0.3 is 15.4 Å². The van der Waals surface area contributed by atoms with Crippen molar-refractivity contribution >= 4 is 18.3 Å². The topological polar surface area (TPSA) is 81.1 Å². The van der Waals surface area contributed by atoms with Gasteiger partial charge in [0.05, 0.1) is 17.8 Å². The standard InChI is InChI=1S/C18H29N5O2.ClH/c1-3-25-15-11-14(18(15)7-4-8-18)20-17(24)16-12(2)23(22-21-16)13-5-9-19-10-6-13;/h13-15,19H,3-11H2,1-2H3,(H,20,24);1H. The van der Waals surface area contributed by atoms with Crippen molar-refractivity contribution in [2.24, 2.45) is 5.41 Å². The summed E-state index contributed by atoms with van der Waals surface area (Å²) in [5, 5.41) is 15.1. The fourth-order valence-electron chi connectivity index (χ4n) is 4.82. The zero-order valence-corrected chi connectivity index (χ0v) is 16.5. The largest absolute Gasteiger partial charge is 0.378 e. The molecule has 1 spiro atoms. The maximum atomic E-state index is 12.8. The van der Waals surface area contributed by atoms with E-state index < -0.39 is 0 Å². The Morgan fingerprint density at radius 3 is 2.73 bits per heavy atom. The summed E-state index contributed by atoms with van der Waals surface area (Å²) in [6, 6.07) is 0.563. The number of ether oxygens (including phenoxy) is 1. The lowest BCUT2D eigenvalue weighted by Crippen LogP contribution is -2.67. The molecule has 8 heteroatoms. The van der Waals surface area contributed by atoms with E-state index in [9.17, 15) is 4.79 Å². The molecule has 0 bridgehead atoms. The number of nitrogens with zero attached hydrogens (tertiary/aromatic N) is 3. The van der Waals surface area contributed by atoms with E-state index in [1.54, 1.807) is 0 Å². The summed E-state index contributed by atoms with van der Waals surface area (Å²) in [5.41, 5.74) is 1.53. The average molecular weight is 384 g/mol. The minimum atomic E-state index is -0.0797. The quantitative estimate of drug-likeness (QED) is 0.812. The Hall–Kier alpha value is -1.18. The summed E-state index contributed by atoms with van der Waals surface area (Å²) in [6.45, 7) is 6.74. The molecule has 1 aromatic rings. The van der Waals surface area contributed by atoms with Crippen molar-refractivity contribution in [2.45, 2.75) is 70.6 Å². The predicted octanol–water partition coefficient (Wildman–Crippen LogP) is 2.01. The van der Waals surface area contributed by atoms with Crippen LogP contribution in [0, 0.1) is 12.3 Å². The smallest absolute Gasteiger partial charge is 0.273 e. The molecule has 2 saturated carbocycles. The minimum absolute atomic E-state index is 0. The van der Waals surface area contributed by atoms with Gasteiger partial charge in [-0.05, 0) is 59.0 Å². The van der Waals surface area contributed by atoms with Gasteiger partial charge in [-0.2, -0.15) is 0 Å². The van der Waals surface area contributed by atoms with Crippen molar-refractivity contribution in [1.82, 2.24) is 25.6 Å². The predicted molar refractivity (Wildman–Crippen MR) is 101 cm³/mol. The van der Waals surface area contributed by atoms with Crippen LogP contribution < -0.4 is 10.6 Å². The first-order valence-corrected chi connectivity index (χ1v) is 9.70. The van der Waals surface area contributed by atoms with Crippen molar-refractivity contribution in [3.63, 3.8) is 0 Å². The molecular weight excluding hydrogens is 354 g/mol. The van der Waals surface area contributed by atoms with Crippen molar-refractivity contribution in [1.29, 1.82) is 0 Å². The molecular formula is C18H30ClN5O2. The van der Waals surface area contributed by atoms with Gasteiger partial charge >= 0.3 is 0 Å². The summed E-state index contributed by atoms with van der Waals surface area (Å²) < 4.78 is 7.81. The highest BCUT2D eigenvalue weighted by molar-refractivity contribution is 5.93. The number of carbonyl (C=O) groups excluding carboxylic acids is 1. The van der Waals surface area contributed by atoms with Gasteiger partial charge in [-0.1, -0.05) is 11.6 Å². The van der Waals surface area contributed by atoms with Gasteiger partial charge in [-0.15, -0.1) is 17.5 Å². The molecule has 26 heavy (non-hydrogen) atoms. The van der Waals surface area contributed by atoms with Crippen molar-refractivity contribution in [3.8, 4) is 0 Å². The molecule has 1 aromatic heterocycles. The van der Waals surface area contributed by atoms with Crippen LogP contribution in [0.1, 0.15) is 67.7 Å². The number of hydrogen-bond acceptors (Lipinski definition) is 5. The Morgan fingerprint density at radius 1 is 1.38 bits per heavy atom. The van der Waals surface area contributed by atoms with Crippen LogP contribution in [-0.4, -0.2) is 52.7 Å². The molecule has 2 atom stereocenters. The average Bonchev–Trinajstić information content (AvgIpc) is 2.94. The van der Waals surface area contributed by atoms with Crippen LogP contribution in [0.15, 0.2) is 0 Å². The molecule has 0 radical (unpaired) electrons. The molecule has 0 aromatic carbocycles. The SMILES string of the molecule is CCOC1CC(NC(=O)c2nnn(C3CCNCC3)c2C)C12CCC2.Cl. The first kappa shape index (κ1) is 19.6. The van der Waals surface area contributed by atoms with Crippen molar-refractivity contribution < 1.29 is 9.53 Å². The van der Waals surface area contributed by atoms with Gasteiger partial charge in [0.25, 0.3) is 5.91 Å². The van der Waals surface area contributed by atoms with E-state index >= 15 is 0 Å². The van der Waals surface area contributed by atoms with Gasteiger partial charge in [0, 0.05) is 18.1 Å². The molecule has 3 aliphatic rings. The molecule has 1 saturated heterocycles. The summed E-state index contributed by atoms with van der Waals surface area (Å²) in [5.74, 6) is -0.0797. The summed E-state index contributed by atoms with van der Waals surface area (Å²) in [6.07, 6.45) is 6.84. The van der Waals surface area contributed by atoms with Crippen molar-refractivity contribution in [3.05, 3.63) is 11.4 Å². The van der Waals surface area contributed by atoms with Crippen LogP contribution in [0.4, 0.5) is 0 Å². The van der Waals surface area contributed by atoms with Crippen LogP contribution in [0.25, 0.3) is 0 Å². The molecule has 7 nitrogen and oxygen atoms in total. The molecule has 1 aliphatic heterocycles. The van der Waals surface area contributed by atoms with E-state index in [1.165, 1.54) is 6.42 Å². The molecule has 3 fully saturated rings. The Morgan fingerprint density at radius 2 is 2.12 bits per heavy atom. The number of hydrogen-bond donors (Lipinski definition) is 2. The maximum Gasteiger partial charge on any atom is 0.273 e. The van der Waals surface area contributed by atoms with Gasteiger partial charge in [-0.25, -0.2) is 4.68 Å². The van der Waals surface area contributed by atoms with E-state index in [0.717, 1.165) is 57.5 Å². The van der Waals surface area contributed by atoms with Crippen LogP contribution in [0.2, 0.25) is 0 Å². The Kier molecular flexibility index (Phi) is 5.89. The fraction of sp³-hybridized carbons (Fsp3) is 0.833. The second kappa shape index (κ2) is 7.82. The molecule has 2 unspecified atom stereocenters. The third-order valence-corrected chi connectivity index (χ3v) is 6.54. The Bertz CT molecular complexity index is 640. The second-order valence-electron chi connectivity index (χ2n) is 7.74. The van der Waals surface area contributed by atoms with Crippen LogP contribution in [0.5, 0.6) is 0 Å². The molecule has 2 N–H and O–H groups in total. The molecule has 4 rings (SSSR count). The van der Waals surface area contributed by atoms with Gasteiger partial charge in [0.15, 0.2) is 5.69 Å². The van der Waals surface area contributed by atoms with E-state index in [4.69, 9.17) is 4.74 Å². The molecule has 2 heterocycles. The third-order valence-electron chi connectivity index (χ3n) is 6.54. The van der Waals surface area contributed by atoms with Gasteiger partial charge in [0.1, 0.15) is 0 Å². The molecule has 146 valence electrons. The lowest BCUT2D eigenvalue weighted by molar-refractivity contribution is -0.169. The lowest BCUT2D eigenvalue weighted by Gasteiger charge is -2.60. The molecule has 1 amide bonds. The van der Waals surface area contributed by atoms with E-state index in [-0.39, 0.29) is 29.8 Å². The Balaban J connectivity index is 0.00000196. The summed E-state index contributed by atoms with van der Waals surface area (Å²) >= 11 is 0. The van der Waals surface area contributed by atoms with Crippen LogP contribution >= 0.6 is 12.4 Å².